The highest BCUT2D eigenvalue weighted by Gasteiger charge is 1.98. The van der Waals surface area contributed by atoms with E-state index >= 15 is 0 Å². The van der Waals surface area contributed by atoms with Gasteiger partial charge < -0.3 is 0 Å². The predicted octanol–water partition coefficient (Wildman–Crippen LogP) is 4.94. The van der Waals surface area contributed by atoms with Crippen LogP contribution in [-0.2, 0) is 0 Å². The molecule has 0 atom stereocenters. The molecule has 0 bridgehead atoms. The van der Waals surface area contributed by atoms with Crippen LogP contribution in [0.3, 0.4) is 0 Å². The zero-order valence-electron chi connectivity index (χ0n) is 10.8. The molecule has 0 aliphatic heterocycles. The molecule has 2 nitrogen and oxygen atoms in total. The van der Waals surface area contributed by atoms with Gasteiger partial charge in [0.1, 0.15) is 0 Å². The van der Waals surface area contributed by atoms with Crippen molar-refractivity contribution < 1.29 is 0 Å². The average Bonchev–Trinajstić information content (AvgIpc) is 2.49. The Bertz CT molecular complexity index is 760. The molecule has 98 valence electrons. The number of rotatable bonds is 3. The highest BCUT2D eigenvalue weighted by Crippen LogP contribution is 2.20. The van der Waals surface area contributed by atoms with Gasteiger partial charge in [0, 0.05) is 5.56 Å². The third kappa shape index (κ3) is 2.65. The smallest absolute Gasteiger partial charge is 0.0748 e. The number of hydrazone groups is 1. The molecule has 0 radical (unpaired) electrons. The van der Waals surface area contributed by atoms with Gasteiger partial charge in [-0.25, -0.2) is 0 Å². The lowest BCUT2D eigenvalue weighted by atomic mass is 10.1. The van der Waals surface area contributed by atoms with E-state index in [1.165, 1.54) is 10.8 Å². The molecule has 0 heterocycles. The highest BCUT2D eigenvalue weighted by atomic mass is 35.5. The molecule has 3 aromatic rings. The average molecular weight is 281 g/mol. The Kier molecular flexibility index (Phi) is 3.66. The summed E-state index contributed by atoms with van der Waals surface area (Å²) in [4.78, 5) is 0. The first-order valence-corrected chi connectivity index (χ1v) is 6.74. The van der Waals surface area contributed by atoms with Crippen LogP contribution < -0.4 is 5.43 Å². The second-order valence-corrected chi connectivity index (χ2v) is 4.83. The Balaban J connectivity index is 1.86. The van der Waals surface area contributed by atoms with Crippen LogP contribution >= 0.6 is 11.6 Å². The van der Waals surface area contributed by atoms with E-state index < -0.39 is 0 Å². The number of nitrogens with one attached hydrogen (secondary N) is 1. The molecular formula is C17H13ClN2. The number of fused-ring (bicyclic) bond motifs is 1. The van der Waals surface area contributed by atoms with Crippen molar-refractivity contribution in [2.45, 2.75) is 0 Å². The van der Waals surface area contributed by atoms with Crippen molar-refractivity contribution in [1.82, 2.24) is 0 Å². The minimum atomic E-state index is 0.655. The molecule has 0 aliphatic carbocycles. The maximum Gasteiger partial charge on any atom is 0.0748 e. The Morgan fingerprint density at radius 2 is 1.60 bits per heavy atom. The van der Waals surface area contributed by atoms with Crippen LogP contribution in [0.2, 0.25) is 5.02 Å². The van der Waals surface area contributed by atoms with Gasteiger partial charge in [-0.3, -0.25) is 5.43 Å². The zero-order valence-corrected chi connectivity index (χ0v) is 11.5. The van der Waals surface area contributed by atoms with Crippen molar-refractivity contribution in [1.29, 1.82) is 0 Å². The third-order valence-electron chi connectivity index (χ3n) is 3.09. The molecule has 1 N–H and O–H groups in total. The summed E-state index contributed by atoms with van der Waals surface area (Å²) in [5, 5.41) is 7.30. The standard InChI is InChI=1S/C17H13ClN2/c18-16-10-3-4-11-17(16)20-19-12-14-8-5-7-13-6-1-2-9-15(13)14/h1-12,20H. The maximum atomic E-state index is 6.06. The van der Waals surface area contributed by atoms with Gasteiger partial charge in [-0.2, -0.15) is 5.10 Å². The fraction of sp³-hybridized carbons (Fsp3) is 0. The highest BCUT2D eigenvalue weighted by molar-refractivity contribution is 6.33. The van der Waals surface area contributed by atoms with Gasteiger partial charge >= 0.3 is 0 Å². The van der Waals surface area contributed by atoms with Crippen molar-refractivity contribution in [3.63, 3.8) is 0 Å². The number of halogens is 1. The van der Waals surface area contributed by atoms with Gasteiger partial charge in [-0.05, 0) is 22.9 Å². The van der Waals surface area contributed by atoms with Crippen molar-refractivity contribution in [2.75, 3.05) is 5.43 Å². The quantitative estimate of drug-likeness (QED) is 0.533. The van der Waals surface area contributed by atoms with Crippen molar-refractivity contribution >= 4 is 34.3 Å². The number of benzene rings is 3. The lowest BCUT2D eigenvalue weighted by Crippen LogP contribution is -1.92. The maximum absolute atomic E-state index is 6.06. The van der Waals surface area contributed by atoms with Crippen LogP contribution in [0.15, 0.2) is 71.8 Å². The minimum Gasteiger partial charge on any atom is -0.277 e. The Labute approximate surface area is 122 Å². The first kappa shape index (κ1) is 12.7. The summed E-state index contributed by atoms with van der Waals surface area (Å²) in [5.74, 6) is 0. The number of hydrogen-bond acceptors (Lipinski definition) is 2. The second kappa shape index (κ2) is 5.76. The molecule has 20 heavy (non-hydrogen) atoms. The molecule has 0 fully saturated rings. The molecule has 3 heteroatoms. The van der Waals surface area contributed by atoms with Crippen LogP contribution in [0.4, 0.5) is 5.69 Å². The lowest BCUT2D eigenvalue weighted by Gasteiger charge is -2.03. The molecule has 0 aliphatic rings. The van der Waals surface area contributed by atoms with Crippen molar-refractivity contribution in [3.05, 3.63) is 77.3 Å². The Morgan fingerprint density at radius 3 is 2.50 bits per heavy atom. The van der Waals surface area contributed by atoms with E-state index in [0.717, 1.165) is 11.3 Å². The summed E-state index contributed by atoms with van der Waals surface area (Å²) in [7, 11) is 0. The van der Waals surface area contributed by atoms with Gasteiger partial charge in [0.05, 0.1) is 16.9 Å². The summed E-state index contributed by atoms with van der Waals surface area (Å²) < 4.78 is 0. The molecule has 0 unspecified atom stereocenters. The second-order valence-electron chi connectivity index (χ2n) is 4.42. The zero-order chi connectivity index (χ0) is 13.8. The normalized spacial score (nSPS) is 11.1. The van der Waals surface area contributed by atoms with Crippen molar-refractivity contribution in [2.24, 2.45) is 5.10 Å². The van der Waals surface area contributed by atoms with E-state index in [4.69, 9.17) is 11.6 Å². The van der Waals surface area contributed by atoms with Crippen LogP contribution in [-0.4, -0.2) is 6.21 Å². The number of para-hydroxylation sites is 1. The summed E-state index contributed by atoms with van der Waals surface area (Å²) >= 11 is 6.06. The molecular weight excluding hydrogens is 268 g/mol. The fourth-order valence-electron chi connectivity index (χ4n) is 2.09. The lowest BCUT2D eigenvalue weighted by molar-refractivity contribution is 1.35. The molecule has 0 aromatic heterocycles. The Morgan fingerprint density at radius 1 is 0.850 bits per heavy atom. The summed E-state index contributed by atoms with van der Waals surface area (Å²) in [5.41, 5.74) is 4.83. The van der Waals surface area contributed by atoms with Gasteiger partial charge in [-0.15, -0.1) is 0 Å². The van der Waals surface area contributed by atoms with E-state index in [0.29, 0.717) is 5.02 Å². The number of nitrogens with zero attached hydrogens (tertiary/aromatic N) is 1. The van der Waals surface area contributed by atoms with Gasteiger partial charge in [0.15, 0.2) is 0 Å². The van der Waals surface area contributed by atoms with Crippen LogP contribution in [0, 0.1) is 0 Å². The van der Waals surface area contributed by atoms with Crippen molar-refractivity contribution in [3.8, 4) is 0 Å². The predicted molar refractivity (Wildman–Crippen MR) is 86.6 cm³/mol. The van der Waals surface area contributed by atoms with E-state index in [2.05, 4.69) is 28.7 Å². The van der Waals surface area contributed by atoms with Crippen LogP contribution in [0.25, 0.3) is 10.8 Å². The summed E-state index contributed by atoms with van der Waals surface area (Å²) in [6, 6.07) is 21.9. The van der Waals surface area contributed by atoms with E-state index in [9.17, 15) is 0 Å². The van der Waals surface area contributed by atoms with E-state index in [1.54, 1.807) is 0 Å². The molecule has 3 aromatic carbocycles. The molecule has 0 saturated carbocycles. The molecule has 3 rings (SSSR count). The first-order chi connectivity index (χ1) is 9.84. The van der Waals surface area contributed by atoms with Crippen LogP contribution in [0.5, 0.6) is 0 Å². The number of hydrogen-bond donors (Lipinski definition) is 1. The SMILES string of the molecule is Clc1ccccc1NN=Cc1cccc2ccccc12. The van der Waals surface area contributed by atoms with Crippen LogP contribution in [0.1, 0.15) is 5.56 Å². The third-order valence-corrected chi connectivity index (χ3v) is 3.42. The Hall–Kier alpha value is -2.32. The summed E-state index contributed by atoms with van der Waals surface area (Å²) in [6.07, 6.45) is 1.81. The largest absolute Gasteiger partial charge is 0.277 e. The van der Waals surface area contributed by atoms with Gasteiger partial charge in [0.2, 0.25) is 0 Å². The number of anilines is 1. The minimum absolute atomic E-state index is 0.655. The molecule has 0 saturated heterocycles. The van der Waals surface area contributed by atoms with Gasteiger partial charge in [-0.1, -0.05) is 66.2 Å². The van der Waals surface area contributed by atoms with Gasteiger partial charge in [0.25, 0.3) is 0 Å². The fourth-order valence-corrected chi connectivity index (χ4v) is 2.26. The topological polar surface area (TPSA) is 24.4 Å². The van der Waals surface area contributed by atoms with E-state index in [-0.39, 0.29) is 0 Å². The first-order valence-electron chi connectivity index (χ1n) is 6.36. The summed E-state index contributed by atoms with van der Waals surface area (Å²) in [6.45, 7) is 0. The molecule has 0 spiro atoms. The molecule has 0 amide bonds. The van der Waals surface area contributed by atoms with E-state index in [1.807, 2.05) is 54.7 Å². The monoisotopic (exact) mass is 280 g/mol.